The molecule has 1 aliphatic heterocycles. The van der Waals surface area contributed by atoms with Gasteiger partial charge in [-0.25, -0.2) is 17.5 Å². The van der Waals surface area contributed by atoms with Gasteiger partial charge in [-0.05, 0) is 43.7 Å². The molecule has 1 aliphatic rings. The second-order valence-corrected chi connectivity index (χ2v) is 10.1. The van der Waals surface area contributed by atoms with E-state index in [-0.39, 0.29) is 10.5 Å². The predicted molar refractivity (Wildman–Crippen MR) is 125 cm³/mol. The minimum absolute atomic E-state index is 0.0338. The fourth-order valence-corrected chi connectivity index (χ4v) is 4.28. The van der Waals surface area contributed by atoms with Crippen LogP contribution in [-0.2, 0) is 24.3 Å². The van der Waals surface area contributed by atoms with Crippen LogP contribution in [0.5, 0.6) is 0 Å². The summed E-state index contributed by atoms with van der Waals surface area (Å²) in [5, 5.41) is 2.75. The van der Waals surface area contributed by atoms with Crippen LogP contribution < -0.4 is 10.2 Å². The maximum Gasteiger partial charge on any atom is 0.341 e. The Morgan fingerprint density at radius 1 is 1.12 bits per heavy atom. The normalized spacial score (nSPS) is 15.2. The Balaban J connectivity index is 1.87. The first kappa shape index (κ1) is 24.7. The Bertz CT molecular complexity index is 1130. The second-order valence-electron chi connectivity index (χ2n) is 7.92. The topological polar surface area (TPSA) is 105 Å². The molecule has 1 saturated heterocycles. The number of amides is 1. The highest BCUT2D eigenvalue weighted by atomic mass is 32.2. The van der Waals surface area contributed by atoms with Crippen LogP contribution >= 0.6 is 0 Å². The summed E-state index contributed by atoms with van der Waals surface area (Å²) in [6.45, 7) is 5.40. The number of nitrogens with zero attached hydrogens (tertiary/aromatic N) is 2. The third-order valence-corrected chi connectivity index (χ3v) is 7.19. The minimum Gasteiger partial charge on any atom is -0.449 e. The van der Waals surface area contributed by atoms with Crippen LogP contribution in [-0.4, -0.2) is 71.1 Å². The van der Waals surface area contributed by atoms with Crippen LogP contribution in [0.1, 0.15) is 22.8 Å². The molecule has 9 nitrogen and oxygen atoms in total. The first-order chi connectivity index (χ1) is 15.6. The number of carbonyl (C=O) groups is 2. The lowest BCUT2D eigenvalue weighted by Crippen LogP contribution is -2.37. The van der Waals surface area contributed by atoms with Gasteiger partial charge >= 0.3 is 5.97 Å². The van der Waals surface area contributed by atoms with E-state index < -0.39 is 28.0 Å². The Kier molecular flexibility index (Phi) is 7.72. The number of nitrogens with one attached hydrogen (secondary N) is 1. The lowest BCUT2D eigenvalue weighted by atomic mass is 10.1. The number of hydrogen-bond acceptors (Lipinski definition) is 7. The van der Waals surface area contributed by atoms with Crippen molar-refractivity contribution in [2.45, 2.75) is 24.8 Å². The van der Waals surface area contributed by atoms with Crippen LogP contribution in [0, 0.1) is 6.92 Å². The molecular formula is C23H29N3O6S. The van der Waals surface area contributed by atoms with Gasteiger partial charge < -0.3 is 19.7 Å². The molecule has 10 heteroatoms. The number of anilines is 2. The molecule has 2 aromatic carbocycles. The number of rotatable bonds is 7. The summed E-state index contributed by atoms with van der Waals surface area (Å²) in [5.41, 5.74) is 2.11. The summed E-state index contributed by atoms with van der Waals surface area (Å²) in [5.74, 6) is -1.26. The second kappa shape index (κ2) is 10.3. The third kappa shape index (κ3) is 5.70. The number of para-hydroxylation sites is 1. The molecule has 2 aromatic rings. The Hall–Kier alpha value is -2.95. The molecule has 178 valence electrons. The van der Waals surface area contributed by atoms with Crippen molar-refractivity contribution < 1.29 is 27.5 Å². The van der Waals surface area contributed by atoms with Gasteiger partial charge in [0, 0.05) is 32.9 Å². The van der Waals surface area contributed by atoms with Gasteiger partial charge in [-0.3, -0.25) is 4.79 Å². The molecule has 33 heavy (non-hydrogen) atoms. The number of esters is 1. The summed E-state index contributed by atoms with van der Waals surface area (Å²) in [7, 11) is -0.932. The molecule has 1 atom stereocenters. The molecule has 1 fully saturated rings. The number of ether oxygens (including phenoxy) is 2. The van der Waals surface area contributed by atoms with E-state index in [4.69, 9.17) is 9.47 Å². The number of carbonyl (C=O) groups excluding carboxylic acids is 2. The van der Waals surface area contributed by atoms with Gasteiger partial charge in [0.2, 0.25) is 10.0 Å². The largest absolute Gasteiger partial charge is 0.449 e. The smallest absolute Gasteiger partial charge is 0.341 e. The lowest BCUT2D eigenvalue weighted by Gasteiger charge is -2.30. The molecule has 0 saturated carbocycles. The van der Waals surface area contributed by atoms with Gasteiger partial charge in [0.25, 0.3) is 5.91 Å². The van der Waals surface area contributed by atoms with Crippen molar-refractivity contribution in [1.82, 2.24) is 4.31 Å². The average Bonchev–Trinajstić information content (AvgIpc) is 2.80. The van der Waals surface area contributed by atoms with Crippen molar-refractivity contribution in [3.05, 3.63) is 53.6 Å². The average molecular weight is 476 g/mol. The van der Waals surface area contributed by atoms with Crippen LogP contribution in [0.15, 0.2) is 47.4 Å². The SMILES string of the molecule is Cc1ccccc1NC(=O)[C@@H](C)OC(=O)c1cc(S(=O)(=O)N(C)C)ccc1N1CCOCC1. The van der Waals surface area contributed by atoms with E-state index in [0.717, 1.165) is 9.87 Å². The van der Waals surface area contributed by atoms with E-state index in [9.17, 15) is 18.0 Å². The van der Waals surface area contributed by atoms with E-state index in [2.05, 4.69) is 5.32 Å². The van der Waals surface area contributed by atoms with Crippen LogP contribution in [0.4, 0.5) is 11.4 Å². The van der Waals surface area contributed by atoms with Crippen LogP contribution in [0.3, 0.4) is 0 Å². The maximum absolute atomic E-state index is 13.1. The summed E-state index contributed by atoms with van der Waals surface area (Å²) in [6, 6.07) is 11.6. The zero-order valence-electron chi connectivity index (χ0n) is 19.2. The first-order valence-electron chi connectivity index (χ1n) is 10.6. The molecule has 0 bridgehead atoms. The van der Waals surface area contributed by atoms with Gasteiger partial charge in [-0.2, -0.15) is 0 Å². The van der Waals surface area contributed by atoms with Gasteiger partial charge in [0.1, 0.15) is 0 Å². The molecule has 1 N–H and O–H groups in total. The van der Waals surface area contributed by atoms with Crippen molar-refractivity contribution in [1.29, 1.82) is 0 Å². The summed E-state index contributed by atoms with van der Waals surface area (Å²) in [4.78, 5) is 27.6. The summed E-state index contributed by atoms with van der Waals surface area (Å²) < 4.78 is 37.2. The molecule has 1 amide bonds. The minimum atomic E-state index is -3.77. The molecule has 3 rings (SSSR count). The van der Waals surface area contributed by atoms with Crippen molar-refractivity contribution in [2.75, 3.05) is 50.6 Å². The quantitative estimate of drug-likeness (QED) is 0.613. The first-order valence-corrected chi connectivity index (χ1v) is 12.0. The molecule has 0 unspecified atom stereocenters. The molecule has 0 spiro atoms. The zero-order chi connectivity index (χ0) is 24.2. The highest BCUT2D eigenvalue weighted by molar-refractivity contribution is 7.89. The predicted octanol–water partition coefficient (Wildman–Crippen LogP) is 2.27. The number of benzene rings is 2. The lowest BCUT2D eigenvalue weighted by molar-refractivity contribution is -0.123. The van der Waals surface area contributed by atoms with Gasteiger partial charge in [-0.1, -0.05) is 18.2 Å². The number of aryl methyl sites for hydroxylation is 1. The standard InChI is InChI=1S/C23H29N3O6S/c1-16-7-5-6-8-20(16)24-22(27)17(2)32-23(28)19-15-18(33(29,30)25(3)4)9-10-21(19)26-11-13-31-14-12-26/h5-10,15,17H,11-14H2,1-4H3,(H,24,27)/t17-/m1/s1. The monoisotopic (exact) mass is 475 g/mol. The number of morpholine rings is 1. The highest BCUT2D eigenvalue weighted by Gasteiger charge is 2.27. The van der Waals surface area contributed by atoms with Crippen molar-refractivity contribution in [2.24, 2.45) is 0 Å². The Labute approximate surface area is 194 Å². The number of hydrogen-bond donors (Lipinski definition) is 1. The molecule has 0 aliphatic carbocycles. The van der Waals surface area contributed by atoms with Gasteiger partial charge in [-0.15, -0.1) is 0 Å². The van der Waals surface area contributed by atoms with Crippen LogP contribution in [0.2, 0.25) is 0 Å². The van der Waals surface area contributed by atoms with Crippen LogP contribution in [0.25, 0.3) is 0 Å². The van der Waals surface area contributed by atoms with E-state index in [1.807, 2.05) is 24.0 Å². The number of sulfonamides is 1. The van der Waals surface area contributed by atoms with E-state index >= 15 is 0 Å². The third-order valence-electron chi connectivity index (χ3n) is 5.37. The van der Waals surface area contributed by atoms with Crippen molar-refractivity contribution >= 4 is 33.3 Å². The molecule has 0 aromatic heterocycles. The summed E-state index contributed by atoms with van der Waals surface area (Å²) in [6.07, 6.45) is -1.09. The van der Waals surface area contributed by atoms with E-state index in [0.29, 0.717) is 37.7 Å². The van der Waals surface area contributed by atoms with Crippen molar-refractivity contribution in [3.63, 3.8) is 0 Å². The molecule has 1 heterocycles. The van der Waals surface area contributed by atoms with Gasteiger partial charge in [0.15, 0.2) is 6.10 Å². The Morgan fingerprint density at radius 2 is 1.79 bits per heavy atom. The zero-order valence-corrected chi connectivity index (χ0v) is 20.0. The molecular weight excluding hydrogens is 446 g/mol. The summed E-state index contributed by atoms with van der Waals surface area (Å²) >= 11 is 0. The van der Waals surface area contributed by atoms with Gasteiger partial charge in [0.05, 0.1) is 29.4 Å². The maximum atomic E-state index is 13.1. The highest BCUT2D eigenvalue weighted by Crippen LogP contribution is 2.27. The van der Waals surface area contributed by atoms with E-state index in [1.54, 1.807) is 18.2 Å². The van der Waals surface area contributed by atoms with Crippen molar-refractivity contribution in [3.8, 4) is 0 Å². The fraction of sp³-hybridized carbons (Fsp3) is 0.391. The van der Waals surface area contributed by atoms with E-state index in [1.165, 1.54) is 33.2 Å². The Morgan fingerprint density at radius 3 is 2.42 bits per heavy atom. The fourth-order valence-electron chi connectivity index (χ4n) is 3.36. The molecule has 0 radical (unpaired) electrons.